The van der Waals surface area contributed by atoms with Crippen molar-refractivity contribution in [2.45, 2.75) is 58.0 Å². The van der Waals surface area contributed by atoms with Crippen molar-refractivity contribution >= 4 is 15.7 Å². The molecule has 1 aromatic rings. The summed E-state index contributed by atoms with van der Waals surface area (Å²) in [6.07, 6.45) is 4.29. The molecular formula is C15H27N3O2S. The zero-order valence-corrected chi connectivity index (χ0v) is 14.2. The molecule has 5 nitrogen and oxygen atoms in total. The summed E-state index contributed by atoms with van der Waals surface area (Å²) < 4.78 is 27.7. The van der Waals surface area contributed by atoms with Crippen LogP contribution in [-0.4, -0.2) is 26.0 Å². The fourth-order valence-corrected chi connectivity index (χ4v) is 3.51. The summed E-state index contributed by atoms with van der Waals surface area (Å²) in [4.78, 5) is 4.04. The van der Waals surface area contributed by atoms with Gasteiger partial charge in [-0.2, -0.15) is 0 Å². The summed E-state index contributed by atoms with van der Waals surface area (Å²) in [5.41, 5.74) is 0.558. The highest BCUT2D eigenvalue weighted by molar-refractivity contribution is 7.89. The lowest BCUT2D eigenvalue weighted by Crippen LogP contribution is -2.34. The van der Waals surface area contributed by atoms with E-state index in [1.54, 1.807) is 12.1 Å². The molecule has 0 amide bonds. The number of pyridine rings is 1. The zero-order valence-electron chi connectivity index (χ0n) is 13.4. The van der Waals surface area contributed by atoms with Gasteiger partial charge in [0.1, 0.15) is 0 Å². The van der Waals surface area contributed by atoms with Gasteiger partial charge in [0.25, 0.3) is 10.0 Å². The van der Waals surface area contributed by atoms with E-state index in [1.165, 1.54) is 6.20 Å². The third kappa shape index (κ3) is 5.63. The highest BCUT2D eigenvalue weighted by Gasteiger charge is 2.22. The highest BCUT2D eigenvalue weighted by atomic mass is 32.2. The standard InChI is InChI=1S/C15H27N3O2S/c1-5-9-16-14-8-7-10-17-15(14)21(19,20)18-13(4)11-12(3)6-2/h7-8,10,12-13,16,18H,5-6,9,11H2,1-4H3. The van der Waals surface area contributed by atoms with Crippen LogP contribution in [0.1, 0.15) is 47.0 Å². The van der Waals surface area contributed by atoms with Gasteiger partial charge in [0.2, 0.25) is 0 Å². The van der Waals surface area contributed by atoms with Crippen LogP contribution in [-0.2, 0) is 10.0 Å². The van der Waals surface area contributed by atoms with Crippen LogP contribution in [0.5, 0.6) is 0 Å². The van der Waals surface area contributed by atoms with Crippen LogP contribution >= 0.6 is 0 Å². The van der Waals surface area contributed by atoms with E-state index in [1.807, 2.05) is 13.8 Å². The van der Waals surface area contributed by atoms with Crippen LogP contribution in [0, 0.1) is 5.92 Å². The lowest BCUT2D eigenvalue weighted by atomic mass is 10.0. The van der Waals surface area contributed by atoms with E-state index >= 15 is 0 Å². The molecule has 0 aliphatic carbocycles. The topological polar surface area (TPSA) is 71.1 Å². The Morgan fingerprint density at radius 3 is 2.62 bits per heavy atom. The Bertz CT molecular complexity index is 531. The van der Waals surface area contributed by atoms with Crippen molar-refractivity contribution in [1.29, 1.82) is 0 Å². The average molecular weight is 313 g/mol. The van der Waals surface area contributed by atoms with Gasteiger partial charge in [0, 0.05) is 18.8 Å². The molecule has 0 aliphatic heterocycles. The number of anilines is 1. The number of rotatable bonds is 9. The van der Waals surface area contributed by atoms with Crippen LogP contribution in [0.4, 0.5) is 5.69 Å². The Labute approximate surface area is 128 Å². The molecule has 2 unspecified atom stereocenters. The van der Waals surface area contributed by atoms with E-state index in [-0.39, 0.29) is 11.1 Å². The first-order chi connectivity index (χ1) is 9.90. The first kappa shape index (κ1) is 17.9. The van der Waals surface area contributed by atoms with Crippen LogP contribution in [0.25, 0.3) is 0 Å². The molecule has 0 fully saturated rings. The minimum atomic E-state index is -3.60. The Morgan fingerprint density at radius 2 is 2.00 bits per heavy atom. The minimum absolute atomic E-state index is 0.0782. The molecular weight excluding hydrogens is 286 g/mol. The Balaban J connectivity index is 2.87. The van der Waals surface area contributed by atoms with E-state index < -0.39 is 10.0 Å². The molecule has 0 radical (unpaired) electrons. The molecule has 0 saturated heterocycles. The average Bonchev–Trinajstić information content (AvgIpc) is 2.44. The largest absolute Gasteiger partial charge is 0.383 e. The molecule has 0 aliphatic rings. The van der Waals surface area contributed by atoms with Gasteiger partial charge in [-0.05, 0) is 37.8 Å². The molecule has 2 N–H and O–H groups in total. The molecule has 6 heteroatoms. The fourth-order valence-electron chi connectivity index (χ4n) is 2.14. The molecule has 0 spiro atoms. The SMILES string of the molecule is CCCNc1cccnc1S(=O)(=O)NC(C)CC(C)CC. The molecule has 0 bridgehead atoms. The summed E-state index contributed by atoms with van der Waals surface area (Å²) in [5.74, 6) is 0.490. The van der Waals surface area contributed by atoms with Crippen molar-refractivity contribution in [3.05, 3.63) is 18.3 Å². The predicted octanol–water partition coefficient (Wildman–Crippen LogP) is 3.01. The maximum absolute atomic E-state index is 12.5. The Morgan fingerprint density at radius 1 is 1.29 bits per heavy atom. The molecule has 1 heterocycles. The molecule has 1 aromatic heterocycles. The second-order valence-electron chi connectivity index (χ2n) is 5.55. The van der Waals surface area contributed by atoms with Crippen LogP contribution < -0.4 is 10.0 Å². The number of sulfonamides is 1. The van der Waals surface area contributed by atoms with Crippen molar-refractivity contribution in [1.82, 2.24) is 9.71 Å². The number of aromatic nitrogens is 1. The number of hydrogen-bond acceptors (Lipinski definition) is 4. The lowest BCUT2D eigenvalue weighted by Gasteiger charge is -2.18. The second-order valence-corrected chi connectivity index (χ2v) is 7.18. The van der Waals surface area contributed by atoms with Gasteiger partial charge in [-0.15, -0.1) is 0 Å². The zero-order chi connectivity index (χ0) is 15.9. The second kappa shape index (κ2) is 8.34. The summed E-state index contributed by atoms with van der Waals surface area (Å²) in [7, 11) is -3.60. The fraction of sp³-hybridized carbons (Fsp3) is 0.667. The highest BCUT2D eigenvalue weighted by Crippen LogP contribution is 2.19. The van der Waals surface area contributed by atoms with E-state index in [2.05, 4.69) is 28.9 Å². The third-order valence-electron chi connectivity index (χ3n) is 3.40. The molecule has 0 saturated carbocycles. The van der Waals surface area contributed by atoms with E-state index in [9.17, 15) is 8.42 Å². The van der Waals surface area contributed by atoms with Crippen LogP contribution in [0.15, 0.2) is 23.4 Å². The first-order valence-corrected chi connectivity index (χ1v) is 9.10. The van der Waals surface area contributed by atoms with Gasteiger partial charge in [-0.3, -0.25) is 0 Å². The Kier molecular flexibility index (Phi) is 7.11. The van der Waals surface area contributed by atoms with Crippen LogP contribution in [0.3, 0.4) is 0 Å². The summed E-state index contributed by atoms with van der Waals surface area (Å²) in [5, 5.41) is 3.19. The maximum atomic E-state index is 12.5. The molecule has 21 heavy (non-hydrogen) atoms. The summed E-state index contributed by atoms with van der Waals surface area (Å²) >= 11 is 0. The van der Waals surface area contributed by atoms with Gasteiger partial charge in [0.05, 0.1) is 5.69 Å². The third-order valence-corrected chi connectivity index (χ3v) is 4.95. The van der Waals surface area contributed by atoms with Crippen molar-refractivity contribution in [2.24, 2.45) is 5.92 Å². The quantitative estimate of drug-likeness (QED) is 0.735. The normalized spacial score (nSPS) is 14.7. The molecule has 0 aromatic carbocycles. The monoisotopic (exact) mass is 313 g/mol. The first-order valence-electron chi connectivity index (χ1n) is 7.61. The van der Waals surface area contributed by atoms with Crippen molar-refractivity contribution in [2.75, 3.05) is 11.9 Å². The minimum Gasteiger partial charge on any atom is -0.383 e. The summed E-state index contributed by atoms with van der Waals surface area (Å²) in [6, 6.07) is 3.38. The van der Waals surface area contributed by atoms with Gasteiger partial charge >= 0.3 is 0 Å². The van der Waals surface area contributed by atoms with E-state index in [4.69, 9.17) is 0 Å². The van der Waals surface area contributed by atoms with Gasteiger partial charge in [0.15, 0.2) is 5.03 Å². The number of hydrogen-bond donors (Lipinski definition) is 2. The number of nitrogens with zero attached hydrogens (tertiary/aromatic N) is 1. The van der Waals surface area contributed by atoms with Crippen molar-refractivity contribution in [3.63, 3.8) is 0 Å². The Hall–Kier alpha value is -1.14. The van der Waals surface area contributed by atoms with Crippen molar-refractivity contribution < 1.29 is 8.42 Å². The molecule has 120 valence electrons. The summed E-state index contributed by atoms with van der Waals surface area (Å²) in [6.45, 7) is 8.88. The number of nitrogens with one attached hydrogen (secondary N) is 2. The molecule has 2 atom stereocenters. The smallest absolute Gasteiger partial charge is 0.260 e. The van der Waals surface area contributed by atoms with E-state index in [0.717, 1.165) is 25.8 Å². The van der Waals surface area contributed by atoms with Gasteiger partial charge in [-0.1, -0.05) is 27.2 Å². The molecule has 1 rings (SSSR count). The van der Waals surface area contributed by atoms with E-state index in [0.29, 0.717) is 11.6 Å². The lowest BCUT2D eigenvalue weighted by molar-refractivity contribution is 0.445. The maximum Gasteiger partial charge on any atom is 0.260 e. The van der Waals surface area contributed by atoms with Crippen molar-refractivity contribution in [3.8, 4) is 0 Å². The van der Waals surface area contributed by atoms with Gasteiger partial charge in [-0.25, -0.2) is 18.1 Å². The van der Waals surface area contributed by atoms with Crippen LogP contribution in [0.2, 0.25) is 0 Å². The predicted molar refractivity (Wildman–Crippen MR) is 86.9 cm³/mol. The van der Waals surface area contributed by atoms with Gasteiger partial charge < -0.3 is 5.32 Å².